The highest BCUT2D eigenvalue weighted by Gasteiger charge is 2.27. The Kier molecular flexibility index (Phi) is 4.30. The van der Waals surface area contributed by atoms with Gasteiger partial charge >= 0.3 is 5.69 Å². The van der Waals surface area contributed by atoms with Crippen LogP contribution in [0.15, 0.2) is 53.5 Å². The van der Waals surface area contributed by atoms with Crippen LogP contribution in [0.3, 0.4) is 0 Å². The van der Waals surface area contributed by atoms with Gasteiger partial charge in [-0.1, -0.05) is 18.2 Å². The van der Waals surface area contributed by atoms with Crippen molar-refractivity contribution in [2.24, 2.45) is 11.7 Å². The molecule has 134 valence electrons. The van der Waals surface area contributed by atoms with E-state index in [0.717, 1.165) is 30.5 Å². The van der Waals surface area contributed by atoms with E-state index in [1.807, 2.05) is 30.3 Å². The van der Waals surface area contributed by atoms with Crippen molar-refractivity contribution in [1.82, 2.24) is 14.2 Å². The maximum absolute atomic E-state index is 12.4. The zero-order valence-corrected chi connectivity index (χ0v) is 14.3. The summed E-state index contributed by atoms with van der Waals surface area (Å²) in [5.41, 5.74) is 7.94. The lowest BCUT2D eigenvalue weighted by Crippen LogP contribution is -2.23. The van der Waals surface area contributed by atoms with Crippen molar-refractivity contribution in [3.8, 4) is 0 Å². The molecular formula is C19H21N5O2. The topological polar surface area (TPSA) is 94.4 Å². The molecule has 7 nitrogen and oxygen atoms in total. The molecule has 0 aliphatic heterocycles. The number of carbonyl (C=O) groups excluding carboxylic acids is 1. The van der Waals surface area contributed by atoms with Crippen LogP contribution in [0, 0.1) is 5.92 Å². The molecular weight excluding hydrogens is 330 g/mol. The first kappa shape index (κ1) is 16.5. The minimum Gasteiger partial charge on any atom is -0.328 e. The summed E-state index contributed by atoms with van der Waals surface area (Å²) in [6, 6.07) is 13.1. The highest BCUT2D eigenvalue weighted by atomic mass is 16.2. The molecule has 0 saturated heterocycles. The molecule has 1 fully saturated rings. The average Bonchev–Trinajstić information content (AvgIpc) is 3.20. The monoisotopic (exact) mass is 351 g/mol. The van der Waals surface area contributed by atoms with Crippen molar-refractivity contribution in [2.45, 2.75) is 31.8 Å². The Morgan fingerprint density at radius 3 is 2.88 bits per heavy atom. The van der Waals surface area contributed by atoms with Crippen LogP contribution in [0.2, 0.25) is 0 Å². The number of nitrogens with one attached hydrogen (secondary N) is 1. The fourth-order valence-corrected chi connectivity index (χ4v) is 3.49. The Hall–Kier alpha value is -2.93. The minimum atomic E-state index is -0.185. The number of anilines is 1. The number of benzene rings is 1. The smallest absolute Gasteiger partial charge is 0.328 e. The van der Waals surface area contributed by atoms with Gasteiger partial charge in [-0.3, -0.25) is 9.20 Å². The second kappa shape index (κ2) is 6.76. The van der Waals surface area contributed by atoms with Crippen LogP contribution >= 0.6 is 0 Å². The third kappa shape index (κ3) is 3.25. The molecule has 2 unspecified atom stereocenters. The number of rotatable bonds is 4. The van der Waals surface area contributed by atoms with Gasteiger partial charge in [0.15, 0.2) is 5.65 Å². The summed E-state index contributed by atoms with van der Waals surface area (Å²) >= 11 is 0. The highest BCUT2D eigenvalue weighted by Crippen LogP contribution is 2.25. The normalized spacial score (nSPS) is 19.7. The summed E-state index contributed by atoms with van der Waals surface area (Å²) in [4.78, 5) is 24.7. The SMILES string of the molecule is NC1CCC(C(=O)Nc2cccc(Cn3nc4ccccn4c3=O)c2)C1. The Labute approximate surface area is 150 Å². The molecule has 3 aromatic rings. The number of nitrogens with two attached hydrogens (primary N) is 1. The number of amides is 1. The lowest BCUT2D eigenvalue weighted by molar-refractivity contribution is -0.119. The third-order valence-corrected chi connectivity index (χ3v) is 4.86. The second-order valence-electron chi connectivity index (χ2n) is 6.83. The quantitative estimate of drug-likeness (QED) is 0.747. The third-order valence-electron chi connectivity index (χ3n) is 4.86. The molecule has 4 rings (SSSR count). The Bertz CT molecular complexity index is 1010. The Morgan fingerprint density at radius 1 is 1.23 bits per heavy atom. The van der Waals surface area contributed by atoms with Gasteiger partial charge in [0.1, 0.15) is 0 Å². The number of nitrogens with zero attached hydrogens (tertiary/aromatic N) is 3. The van der Waals surface area contributed by atoms with Crippen LogP contribution in [0.1, 0.15) is 24.8 Å². The van der Waals surface area contributed by atoms with Crippen LogP contribution in [0.4, 0.5) is 5.69 Å². The Morgan fingerprint density at radius 2 is 2.12 bits per heavy atom. The lowest BCUT2D eigenvalue weighted by atomic mass is 10.1. The average molecular weight is 351 g/mol. The molecule has 0 radical (unpaired) electrons. The molecule has 1 saturated carbocycles. The summed E-state index contributed by atoms with van der Waals surface area (Å²) < 4.78 is 2.93. The van der Waals surface area contributed by atoms with Crippen molar-refractivity contribution in [3.05, 3.63) is 64.7 Å². The molecule has 2 atom stereocenters. The first-order valence-electron chi connectivity index (χ1n) is 8.80. The van der Waals surface area contributed by atoms with Crippen molar-refractivity contribution in [2.75, 3.05) is 5.32 Å². The van der Waals surface area contributed by atoms with Crippen molar-refractivity contribution < 1.29 is 4.79 Å². The van der Waals surface area contributed by atoms with E-state index in [1.165, 1.54) is 9.08 Å². The molecule has 1 aliphatic carbocycles. The zero-order valence-electron chi connectivity index (χ0n) is 14.3. The molecule has 1 aliphatic rings. The van der Waals surface area contributed by atoms with Crippen LogP contribution in [0.5, 0.6) is 0 Å². The minimum absolute atomic E-state index is 0.0139. The van der Waals surface area contributed by atoms with Crippen LogP contribution in [-0.2, 0) is 11.3 Å². The van der Waals surface area contributed by atoms with E-state index in [2.05, 4.69) is 10.4 Å². The van der Waals surface area contributed by atoms with Crippen LogP contribution in [-0.4, -0.2) is 26.1 Å². The predicted molar refractivity (Wildman–Crippen MR) is 98.9 cm³/mol. The van der Waals surface area contributed by atoms with Gasteiger partial charge in [-0.2, -0.15) is 0 Å². The second-order valence-corrected chi connectivity index (χ2v) is 6.83. The molecule has 1 amide bonds. The maximum atomic E-state index is 12.4. The lowest BCUT2D eigenvalue weighted by Gasteiger charge is -2.11. The van der Waals surface area contributed by atoms with E-state index in [4.69, 9.17) is 5.73 Å². The molecule has 0 bridgehead atoms. The molecule has 7 heteroatoms. The van der Waals surface area contributed by atoms with Crippen molar-refractivity contribution >= 4 is 17.2 Å². The Balaban J connectivity index is 1.51. The molecule has 3 N–H and O–H groups in total. The van der Waals surface area contributed by atoms with E-state index >= 15 is 0 Å². The van der Waals surface area contributed by atoms with Crippen LogP contribution < -0.4 is 16.7 Å². The number of carbonyl (C=O) groups is 1. The van der Waals surface area contributed by atoms with Gasteiger partial charge in [-0.05, 0) is 49.1 Å². The molecule has 26 heavy (non-hydrogen) atoms. The van der Waals surface area contributed by atoms with E-state index < -0.39 is 0 Å². The van der Waals surface area contributed by atoms with E-state index in [1.54, 1.807) is 18.3 Å². The largest absolute Gasteiger partial charge is 0.350 e. The number of pyridine rings is 1. The molecule has 0 spiro atoms. The number of hydrogen-bond acceptors (Lipinski definition) is 4. The summed E-state index contributed by atoms with van der Waals surface area (Å²) in [6.07, 6.45) is 4.17. The van der Waals surface area contributed by atoms with Gasteiger partial charge in [0.05, 0.1) is 6.54 Å². The summed E-state index contributed by atoms with van der Waals surface area (Å²) in [7, 11) is 0. The maximum Gasteiger partial charge on any atom is 0.350 e. The van der Waals surface area contributed by atoms with Gasteiger partial charge in [0, 0.05) is 23.8 Å². The van der Waals surface area contributed by atoms with E-state index in [9.17, 15) is 9.59 Å². The van der Waals surface area contributed by atoms with Crippen molar-refractivity contribution in [3.63, 3.8) is 0 Å². The summed E-state index contributed by atoms with van der Waals surface area (Å²) in [5, 5.41) is 7.30. The fourth-order valence-electron chi connectivity index (χ4n) is 3.49. The summed E-state index contributed by atoms with van der Waals surface area (Å²) in [6.45, 7) is 0.346. The molecule has 2 heterocycles. The standard InChI is InChI=1S/C19H21N5O2/c20-15-8-7-14(11-15)18(25)21-16-5-3-4-13(10-16)12-24-19(26)23-9-2-1-6-17(23)22-24/h1-6,9-10,14-15H,7-8,11-12,20H2,(H,21,25). The highest BCUT2D eigenvalue weighted by molar-refractivity contribution is 5.92. The van der Waals surface area contributed by atoms with E-state index in [0.29, 0.717) is 12.2 Å². The van der Waals surface area contributed by atoms with E-state index in [-0.39, 0.29) is 23.6 Å². The van der Waals surface area contributed by atoms with Gasteiger partial charge in [0.25, 0.3) is 0 Å². The fraction of sp³-hybridized carbons (Fsp3) is 0.316. The number of aromatic nitrogens is 3. The summed E-state index contributed by atoms with van der Waals surface area (Å²) in [5.74, 6) is -0.00490. The van der Waals surface area contributed by atoms with Gasteiger partial charge in [-0.15, -0.1) is 5.10 Å². The first-order valence-corrected chi connectivity index (χ1v) is 8.80. The molecule has 2 aromatic heterocycles. The van der Waals surface area contributed by atoms with Crippen molar-refractivity contribution in [1.29, 1.82) is 0 Å². The number of fused-ring (bicyclic) bond motifs is 1. The zero-order chi connectivity index (χ0) is 18.1. The van der Waals surface area contributed by atoms with Gasteiger partial charge < -0.3 is 11.1 Å². The van der Waals surface area contributed by atoms with Crippen LogP contribution in [0.25, 0.3) is 5.65 Å². The predicted octanol–water partition coefficient (Wildman–Crippen LogP) is 1.61. The molecule has 1 aromatic carbocycles. The first-order chi connectivity index (χ1) is 12.6. The van der Waals surface area contributed by atoms with Gasteiger partial charge in [-0.25, -0.2) is 9.48 Å². The number of hydrogen-bond donors (Lipinski definition) is 2. The van der Waals surface area contributed by atoms with Gasteiger partial charge in [0.2, 0.25) is 5.91 Å².